The molecule has 12 heavy (non-hydrogen) atoms. The van der Waals surface area contributed by atoms with Crippen molar-refractivity contribution < 1.29 is 9.53 Å². The summed E-state index contributed by atoms with van der Waals surface area (Å²) in [4.78, 5) is 12.7. The molecular weight excluding hydrogens is 154 g/mol. The van der Waals surface area contributed by atoms with Crippen molar-refractivity contribution in [2.75, 3.05) is 20.2 Å². The van der Waals surface area contributed by atoms with E-state index in [0.717, 1.165) is 25.9 Å². The van der Waals surface area contributed by atoms with Crippen LogP contribution >= 0.6 is 0 Å². The van der Waals surface area contributed by atoms with Crippen molar-refractivity contribution in [1.29, 1.82) is 0 Å². The van der Waals surface area contributed by atoms with Crippen LogP contribution in [-0.2, 0) is 9.53 Å². The number of hydrogen-bond donors (Lipinski definition) is 0. The minimum atomic E-state index is -0.204. The van der Waals surface area contributed by atoms with Gasteiger partial charge in [-0.15, -0.1) is 6.42 Å². The Morgan fingerprint density at radius 1 is 1.58 bits per heavy atom. The highest BCUT2D eigenvalue weighted by molar-refractivity contribution is 5.92. The molecule has 3 heteroatoms. The lowest BCUT2D eigenvalue weighted by atomic mass is 10.1. The first-order valence-electron chi connectivity index (χ1n) is 4.06. The van der Waals surface area contributed by atoms with Gasteiger partial charge < -0.3 is 9.64 Å². The second kappa shape index (κ2) is 4.13. The molecule has 0 spiro atoms. The Labute approximate surface area is 72.7 Å². The number of ether oxygens (including phenoxy) is 1. The number of nitrogens with zero attached hydrogens (tertiary/aromatic N) is 1. The second-order valence-electron chi connectivity index (χ2n) is 2.87. The fourth-order valence-corrected chi connectivity index (χ4v) is 1.39. The summed E-state index contributed by atoms with van der Waals surface area (Å²) in [5.74, 6) is 1.91. The third-order valence-electron chi connectivity index (χ3n) is 2.19. The summed E-state index contributed by atoms with van der Waals surface area (Å²) < 4.78 is 5.16. The molecule has 3 nitrogen and oxygen atoms in total. The van der Waals surface area contributed by atoms with Gasteiger partial charge in [0.1, 0.15) is 0 Å². The van der Waals surface area contributed by atoms with Crippen molar-refractivity contribution in [3.05, 3.63) is 0 Å². The fraction of sp³-hybridized carbons (Fsp3) is 0.667. The lowest BCUT2D eigenvalue weighted by molar-refractivity contribution is -0.127. The highest BCUT2D eigenvalue weighted by atomic mass is 16.5. The summed E-state index contributed by atoms with van der Waals surface area (Å²) in [5, 5.41) is 0. The van der Waals surface area contributed by atoms with Gasteiger partial charge in [-0.05, 0) is 18.8 Å². The number of rotatable bonds is 1. The summed E-state index contributed by atoms with van der Waals surface area (Å²) in [6.45, 7) is 1.45. The van der Waals surface area contributed by atoms with Crippen LogP contribution in [0.3, 0.4) is 0 Å². The molecule has 1 aliphatic rings. The molecule has 0 saturated carbocycles. The first-order valence-corrected chi connectivity index (χ1v) is 4.06. The number of piperidine rings is 1. The zero-order valence-electron chi connectivity index (χ0n) is 7.25. The van der Waals surface area contributed by atoms with Crippen LogP contribution < -0.4 is 0 Å². The van der Waals surface area contributed by atoms with Crippen molar-refractivity contribution in [3.8, 4) is 12.3 Å². The zero-order chi connectivity index (χ0) is 8.97. The molecule has 0 bridgehead atoms. The Balaban J connectivity index is 2.37. The van der Waals surface area contributed by atoms with E-state index >= 15 is 0 Å². The monoisotopic (exact) mass is 167 g/mol. The Bertz CT molecular complexity index is 199. The third kappa shape index (κ3) is 1.99. The molecule has 1 amide bonds. The van der Waals surface area contributed by atoms with Crippen LogP contribution in [0, 0.1) is 12.3 Å². The van der Waals surface area contributed by atoms with E-state index in [1.165, 1.54) is 0 Å². The van der Waals surface area contributed by atoms with E-state index < -0.39 is 0 Å². The van der Waals surface area contributed by atoms with Gasteiger partial charge in [-0.3, -0.25) is 4.79 Å². The molecule has 0 aromatic carbocycles. The van der Waals surface area contributed by atoms with Gasteiger partial charge >= 0.3 is 0 Å². The highest BCUT2D eigenvalue weighted by Gasteiger charge is 2.20. The number of carbonyl (C=O) groups excluding carboxylic acids is 1. The Morgan fingerprint density at radius 3 is 2.58 bits per heavy atom. The van der Waals surface area contributed by atoms with E-state index in [1.54, 1.807) is 12.0 Å². The average Bonchev–Trinajstić information content (AvgIpc) is 2.17. The molecule has 0 aromatic heterocycles. The summed E-state index contributed by atoms with van der Waals surface area (Å²) in [6, 6.07) is 0. The summed E-state index contributed by atoms with van der Waals surface area (Å²) in [7, 11) is 1.70. The molecule has 0 atom stereocenters. The summed E-state index contributed by atoms with van der Waals surface area (Å²) in [5.41, 5.74) is 0. The molecule has 66 valence electrons. The molecule has 1 rings (SSSR count). The van der Waals surface area contributed by atoms with Crippen LogP contribution in [0.5, 0.6) is 0 Å². The van der Waals surface area contributed by atoms with E-state index in [1.807, 2.05) is 0 Å². The predicted octanol–water partition coefficient (Wildman–Crippen LogP) is 0.257. The van der Waals surface area contributed by atoms with Crippen LogP contribution in [0.4, 0.5) is 0 Å². The van der Waals surface area contributed by atoms with E-state index in [2.05, 4.69) is 5.92 Å². The van der Waals surface area contributed by atoms with Gasteiger partial charge in [-0.1, -0.05) is 0 Å². The van der Waals surface area contributed by atoms with Gasteiger partial charge in [0.15, 0.2) is 0 Å². The topological polar surface area (TPSA) is 29.5 Å². The van der Waals surface area contributed by atoms with Gasteiger partial charge in [0.25, 0.3) is 5.91 Å². The summed E-state index contributed by atoms with van der Waals surface area (Å²) >= 11 is 0. The quantitative estimate of drug-likeness (QED) is 0.524. The second-order valence-corrected chi connectivity index (χ2v) is 2.87. The van der Waals surface area contributed by atoms with Crippen LogP contribution in [0.2, 0.25) is 0 Å². The molecule has 0 N–H and O–H groups in total. The van der Waals surface area contributed by atoms with Crippen molar-refractivity contribution in [1.82, 2.24) is 4.90 Å². The zero-order valence-corrected chi connectivity index (χ0v) is 7.25. The standard InChI is InChI=1S/C9H13NO2/c1-3-9(11)10-6-4-8(12-2)5-7-10/h1,8H,4-7H2,2H3. The lowest BCUT2D eigenvalue weighted by Crippen LogP contribution is -2.39. The number of carbonyl (C=O) groups is 1. The van der Waals surface area contributed by atoms with Gasteiger partial charge in [-0.25, -0.2) is 0 Å². The van der Waals surface area contributed by atoms with Crippen molar-refractivity contribution >= 4 is 5.91 Å². The van der Waals surface area contributed by atoms with Crippen molar-refractivity contribution in [3.63, 3.8) is 0 Å². The van der Waals surface area contributed by atoms with E-state index in [9.17, 15) is 4.79 Å². The molecule has 1 heterocycles. The lowest BCUT2D eigenvalue weighted by Gasteiger charge is -2.29. The summed E-state index contributed by atoms with van der Waals surface area (Å²) in [6.07, 6.45) is 7.08. The van der Waals surface area contributed by atoms with E-state index in [-0.39, 0.29) is 5.91 Å². The fourth-order valence-electron chi connectivity index (χ4n) is 1.39. The maximum Gasteiger partial charge on any atom is 0.298 e. The van der Waals surface area contributed by atoms with Gasteiger partial charge in [0, 0.05) is 20.2 Å². The van der Waals surface area contributed by atoms with Gasteiger partial charge in [0.2, 0.25) is 0 Å². The first-order chi connectivity index (χ1) is 5.77. The third-order valence-corrected chi connectivity index (χ3v) is 2.19. The SMILES string of the molecule is C#CC(=O)N1CCC(OC)CC1. The van der Waals surface area contributed by atoms with Crippen LogP contribution in [0.1, 0.15) is 12.8 Å². The van der Waals surface area contributed by atoms with E-state index in [0.29, 0.717) is 6.10 Å². The van der Waals surface area contributed by atoms with Crippen LogP contribution in [0.25, 0.3) is 0 Å². The normalized spacial score (nSPS) is 18.8. The van der Waals surface area contributed by atoms with E-state index in [4.69, 9.17) is 11.2 Å². The number of methoxy groups -OCH3 is 1. The smallest absolute Gasteiger partial charge is 0.298 e. The predicted molar refractivity (Wildman–Crippen MR) is 45.4 cm³/mol. The molecule has 0 radical (unpaired) electrons. The number of terminal acetylenes is 1. The average molecular weight is 167 g/mol. The number of hydrogen-bond acceptors (Lipinski definition) is 2. The molecule has 1 saturated heterocycles. The maximum atomic E-state index is 11.0. The van der Waals surface area contributed by atoms with Crippen LogP contribution in [0.15, 0.2) is 0 Å². The number of amides is 1. The maximum absolute atomic E-state index is 11.0. The largest absolute Gasteiger partial charge is 0.381 e. The molecule has 1 fully saturated rings. The molecule has 0 aliphatic carbocycles. The number of likely N-dealkylation sites (tertiary alicyclic amines) is 1. The van der Waals surface area contributed by atoms with Crippen molar-refractivity contribution in [2.24, 2.45) is 0 Å². The Kier molecular flexibility index (Phi) is 3.12. The van der Waals surface area contributed by atoms with Crippen LogP contribution in [-0.4, -0.2) is 37.1 Å². The molecular formula is C9H13NO2. The highest BCUT2D eigenvalue weighted by Crippen LogP contribution is 2.12. The first kappa shape index (κ1) is 9.08. The minimum absolute atomic E-state index is 0.204. The molecule has 0 unspecified atom stereocenters. The van der Waals surface area contributed by atoms with Gasteiger partial charge in [-0.2, -0.15) is 0 Å². The van der Waals surface area contributed by atoms with Gasteiger partial charge in [0.05, 0.1) is 6.10 Å². The van der Waals surface area contributed by atoms with Crippen molar-refractivity contribution in [2.45, 2.75) is 18.9 Å². The molecule has 1 aliphatic heterocycles. The Hall–Kier alpha value is -1.01. The Morgan fingerprint density at radius 2 is 2.17 bits per heavy atom. The molecule has 0 aromatic rings. The minimum Gasteiger partial charge on any atom is -0.381 e.